The molecule has 0 aliphatic carbocycles. The van der Waals surface area contributed by atoms with Gasteiger partial charge in [0.05, 0.1) is 25.0 Å². The van der Waals surface area contributed by atoms with E-state index in [1.165, 1.54) is 11.3 Å². The zero-order chi connectivity index (χ0) is 16.1. The summed E-state index contributed by atoms with van der Waals surface area (Å²) in [5.74, 6) is 0.573. The van der Waals surface area contributed by atoms with Gasteiger partial charge in [0, 0.05) is 30.2 Å². The quantitative estimate of drug-likeness (QED) is 0.921. The molecule has 0 bridgehead atoms. The van der Waals surface area contributed by atoms with E-state index < -0.39 is 0 Å². The van der Waals surface area contributed by atoms with E-state index in [4.69, 9.17) is 10.00 Å². The molecule has 1 amide bonds. The molecule has 3 heterocycles. The van der Waals surface area contributed by atoms with Crippen molar-refractivity contribution in [2.45, 2.75) is 6.42 Å². The topological polar surface area (TPSA) is 91.1 Å². The lowest BCUT2D eigenvalue weighted by Crippen LogP contribution is -2.36. The Hall–Kier alpha value is -2.50. The minimum absolute atomic E-state index is 0.176. The monoisotopic (exact) mass is 329 g/mol. The van der Waals surface area contributed by atoms with Crippen LogP contribution in [0.2, 0.25) is 0 Å². The Bertz CT molecular complexity index is 716. The van der Waals surface area contributed by atoms with E-state index in [1.807, 2.05) is 17.5 Å². The van der Waals surface area contributed by atoms with Gasteiger partial charge in [-0.1, -0.05) is 0 Å². The number of carbonyl (C=O) groups excluding carboxylic acids is 1. The van der Waals surface area contributed by atoms with Gasteiger partial charge in [-0.2, -0.15) is 5.26 Å². The van der Waals surface area contributed by atoms with E-state index in [1.54, 1.807) is 12.3 Å². The fourth-order valence-corrected chi connectivity index (χ4v) is 2.95. The van der Waals surface area contributed by atoms with E-state index in [-0.39, 0.29) is 12.3 Å². The molecule has 1 N–H and O–H groups in total. The zero-order valence-corrected chi connectivity index (χ0v) is 13.2. The van der Waals surface area contributed by atoms with Crippen LogP contribution in [0.5, 0.6) is 0 Å². The number of amides is 1. The average Bonchev–Trinajstić information content (AvgIpc) is 3.04. The van der Waals surface area contributed by atoms with Crippen LogP contribution >= 0.6 is 11.3 Å². The minimum Gasteiger partial charge on any atom is -0.378 e. The number of morpholine rings is 1. The predicted molar refractivity (Wildman–Crippen MR) is 87.2 cm³/mol. The fraction of sp³-hybridized carbons (Fsp3) is 0.333. The van der Waals surface area contributed by atoms with Gasteiger partial charge in [-0.25, -0.2) is 9.97 Å². The summed E-state index contributed by atoms with van der Waals surface area (Å²) in [5.41, 5.74) is 1.64. The maximum atomic E-state index is 11.4. The van der Waals surface area contributed by atoms with Crippen molar-refractivity contribution in [2.75, 3.05) is 36.5 Å². The van der Waals surface area contributed by atoms with Crippen molar-refractivity contribution in [3.63, 3.8) is 0 Å². The fourth-order valence-electron chi connectivity index (χ4n) is 2.22. The number of hydrogen-bond acceptors (Lipinski definition) is 7. The molecule has 8 heteroatoms. The molecule has 2 aromatic heterocycles. The first-order chi connectivity index (χ1) is 11.3. The lowest BCUT2D eigenvalue weighted by atomic mass is 10.2. The molecule has 0 unspecified atom stereocenters. The number of aromatic nitrogens is 2. The first-order valence-electron chi connectivity index (χ1n) is 7.18. The lowest BCUT2D eigenvalue weighted by Gasteiger charge is -2.27. The summed E-state index contributed by atoms with van der Waals surface area (Å²) in [7, 11) is 0. The molecule has 1 saturated heterocycles. The van der Waals surface area contributed by atoms with Crippen LogP contribution < -0.4 is 10.2 Å². The van der Waals surface area contributed by atoms with Gasteiger partial charge in [0.1, 0.15) is 12.2 Å². The second-order valence-corrected chi connectivity index (χ2v) is 5.78. The normalized spacial score (nSPS) is 14.3. The number of thiazole rings is 1. The SMILES string of the molecule is N#CCC(=O)Nc1nc(-c2ccc(N3CCOCC3)nc2)cs1. The van der Waals surface area contributed by atoms with Crippen LogP contribution in [0, 0.1) is 11.3 Å². The molecule has 0 spiro atoms. The Labute approximate surface area is 137 Å². The van der Waals surface area contributed by atoms with Crippen LogP contribution in [-0.2, 0) is 9.53 Å². The third-order valence-electron chi connectivity index (χ3n) is 3.37. The number of pyridine rings is 1. The lowest BCUT2D eigenvalue weighted by molar-refractivity contribution is -0.115. The molecule has 118 valence electrons. The van der Waals surface area contributed by atoms with Crippen molar-refractivity contribution in [1.82, 2.24) is 9.97 Å². The van der Waals surface area contributed by atoms with Crippen molar-refractivity contribution in [3.05, 3.63) is 23.7 Å². The standard InChI is InChI=1S/C15H15N5O2S/c16-4-3-14(21)19-15-18-12(10-23-15)11-1-2-13(17-9-11)20-5-7-22-8-6-20/h1-2,9-10H,3,5-8H2,(H,18,19,21). The molecule has 1 aliphatic heterocycles. The van der Waals surface area contributed by atoms with Gasteiger partial charge >= 0.3 is 0 Å². The highest BCUT2D eigenvalue weighted by Gasteiger charge is 2.13. The second-order valence-electron chi connectivity index (χ2n) is 4.93. The Morgan fingerprint density at radius 3 is 2.96 bits per heavy atom. The third kappa shape index (κ3) is 3.83. The molecule has 0 atom stereocenters. The Balaban J connectivity index is 1.68. The largest absolute Gasteiger partial charge is 0.378 e. The van der Waals surface area contributed by atoms with Crippen LogP contribution in [0.25, 0.3) is 11.3 Å². The molecule has 2 aromatic rings. The zero-order valence-electron chi connectivity index (χ0n) is 12.4. The van der Waals surface area contributed by atoms with E-state index >= 15 is 0 Å². The summed E-state index contributed by atoms with van der Waals surface area (Å²) in [6.07, 6.45) is 1.60. The highest BCUT2D eigenvalue weighted by Crippen LogP contribution is 2.25. The summed E-state index contributed by atoms with van der Waals surface area (Å²) in [5, 5.41) is 13.4. The van der Waals surface area contributed by atoms with E-state index in [9.17, 15) is 4.79 Å². The van der Waals surface area contributed by atoms with E-state index in [0.29, 0.717) is 5.13 Å². The molecular formula is C15H15N5O2S. The summed E-state index contributed by atoms with van der Waals surface area (Å²) in [6, 6.07) is 5.74. The van der Waals surface area contributed by atoms with Gasteiger partial charge in [0.15, 0.2) is 5.13 Å². The van der Waals surface area contributed by atoms with Crippen molar-refractivity contribution in [1.29, 1.82) is 5.26 Å². The number of carbonyl (C=O) groups is 1. The number of anilines is 2. The number of rotatable bonds is 4. The van der Waals surface area contributed by atoms with Gasteiger partial charge < -0.3 is 15.0 Å². The van der Waals surface area contributed by atoms with Gasteiger partial charge in [-0.15, -0.1) is 11.3 Å². The van der Waals surface area contributed by atoms with Crippen molar-refractivity contribution in [2.24, 2.45) is 0 Å². The van der Waals surface area contributed by atoms with Crippen LogP contribution in [0.4, 0.5) is 10.9 Å². The summed E-state index contributed by atoms with van der Waals surface area (Å²) in [6.45, 7) is 3.14. The Kier molecular flexibility index (Phi) is 4.80. The van der Waals surface area contributed by atoms with Gasteiger partial charge in [-0.3, -0.25) is 4.79 Å². The van der Waals surface area contributed by atoms with E-state index in [2.05, 4.69) is 20.2 Å². The Morgan fingerprint density at radius 2 is 2.26 bits per heavy atom. The number of ether oxygens (including phenoxy) is 1. The van der Waals surface area contributed by atoms with Crippen molar-refractivity contribution >= 4 is 28.2 Å². The minimum atomic E-state index is -0.353. The number of nitriles is 1. The Morgan fingerprint density at radius 1 is 1.43 bits per heavy atom. The second kappa shape index (κ2) is 7.17. The number of hydrogen-bond donors (Lipinski definition) is 1. The van der Waals surface area contributed by atoms with Gasteiger partial charge in [-0.05, 0) is 12.1 Å². The van der Waals surface area contributed by atoms with Gasteiger partial charge in [0.25, 0.3) is 0 Å². The number of nitrogens with zero attached hydrogens (tertiary/aromatic N) is 4. The molecular weight excluding hydrogens is 314 g/mol. The summed E-state index contributed by atoms with van der Waals surface area (Å²) < 4.78 is 5.33. The number of nitrogens with one attached hydrogen (secondary N) is 1. The summed E-state index contributed by atoms with van der Waals surface area (Å²) in [4.78, 5) is 22.4. The molecule has 1 aliphatic rings. The van der Waals surface area contributed by atoms with Gasteiger partial charge in [0.2, 0.25) is 5.91 Å². The maximum absolute atomic E-state index is 11.4. The maximum Gasteiger partial charge on any atom is 0.240 e. The highest BCUT2D eigenvalue weighted by atomic mass is 32.1. The van der Waals surface area contributed by atoms with Crippen LogP contribution in [0.1, 0.15) is 6.42 Å². The molecule has 23 heavy (non-hydrogen) atoms. The van der Waals surface area contributed by atoms with Crippen molar-refractivity contribution in [3.8, 4) is 17.3 Å². The van der Waals surface area contributed by atoms with Crippen LogP contribution in [0.15, 0.2) is 23.7 Å². The van der Waals surface area contributed by atoms with Crippen molar-refractivity contribution < 1.29 is 9.53 Å². The molecule has 0 aromatic carbocycles. The molecule has 0 saturated carbocycles. The summed E-state index contributed by atoms with van der Waals surface area (Å²) >= 11 is 1.32. The smallest absolute Gasteiger partial charge is 0.240 e. The average molecular weight is 329 g/mol. The molecule has 1 fully saturated rings. The van der Waals surface area contributed by atoms with Crippen LogP contribution in [-0.4, -0.2) is 42.2 Å². The van der Waals surface area contributed by atoms with Crippen LogP contribution in [0.3, 0.4) is 0 Å². The predicted octanol–water partition coefficient (Wildman–Crippen LogP) is 1.89. The third-order valence-corrected chi connectivity index (χ3v) is 4.13. The molecule has 0 radical (unpaired) electrons. The first-order valence-corrected chi connectivity index (χ1v) is 8.05. The first kappa shape index (κ1) is 15.4. The molecule has 3 rings (SSSR count). The molecule has 7 nitrogen and oxygen atoms in total. The van der Waals surface area contributed by atoms with E-state index in [0.717, 1.165) is 43.4 Å². The highest BCUT2D eigenvalue weighted by molar-refractivity contribution is 7.14.